The number of fused-ring (bicyclic) bond motifs is 3. The number of amides is 1. The molecule has 4 heteroatoms. The molecule has 0 atom stereocenters. The first-order valence-corrected chi connectivity index (χ1v) is 11.1. The van der Waals surface area contributed by atoms with E-state index in [0.29, 0.717) is 12.3 Å². The van der Waals surface area contributed by atoms with Crippen LogP contribution in [-0.2, 0) is 16.6 Å². The first kappa shape index (κ1) is 21.1. The number of piperidine rings is 1. The molecule has 0 N–H and O–H groups in total. The lowest BCUT2D eigenvalue weighted by Crippen LogP contribution is -2.42. The molecule has 1 saturated heterocycles. The van der Waals surface area contributed by atoms with Crippen molar-refractivity contribution in [2.75, 3.05) is 31.1 Å². The minimum atomic E-state index is 0. The molecule has 2 heterocycles. The van der Waals surface area contributed by atoms with Crippen LogP contribution in [0.5, 0.6) is 0 Å². The van der Waals surface area contributed by atoms with Crippen molar-refractivity contribution in [2.45, 2.75) is 43.9 Å². The molecular formula is C26H31ClN2O. The van der Waals surface area contributed by atoms with E-state index in [9.17, 15) is 4.79 Å². The summed E-state index contributed by atoms with van der Waals surface area (Å²) in [6.45, 7) is 4.19. The van der Waals surface area contributed by atoms with Crippen molar-refractivity contribution in [3.05, 3.63) is 71.3 Å². The Morgan fingerprint density at radius 2 is 1.67 bits per heavy atom. The van der Waals surface area contributed by atoms with Crippen molar-refractivity contribution >= 4 is 30.1 Å². The third-order valence-corrected chi connectivity index (χ3v) is 7.10. The summed E-state index contributed by atoms with van der Waals surface area (Å²) < 4.78 is 0. The van der Waals surface area contributed by atoms with Gasteiger partial charge in [0.2, 0.25) is 5.91 Å². The third kappa shape index (κ3) is 3.93. The molecular weight excluding hydrogens is 392 g/mol. The second-order valence-corrected chi connectivity index (χ2v) is 8.80. The zero-order valence-corrected chi connectivity index (χ0v) is 18.4. The number of para-hydroxylation sites is 1. The fourth-order valence-electron chi connectivity index (χ4n) is 5.43. The predicted octanol–water partition coefficient (Wildman–Crippen LogP) is 5.23. The average Bonchev–Trinajstić information content (AvgIpc) is 3.03. The monoisotopic (exact) mass is 422 g/mol. The minimum absolute atomic E-state index is 0. The lowest BCUT2D eigenvalue weighted by molar-refractivity contribution is -0.118. The lowest BCUT2D eigenvalue weighted by Gasteiger charge is -2.39. The van der Waals surface area contributed by atoms with Crippen LogP contribution in [0.2, 0.25) is 0 Å². The van der Waals surface area contributed by atoms with Crippen LogP contribution in [-0.4, -0.2) is 37.0 Å². The highest BCUT2D eigenvalue weighted by atomic mass is 35.5. The molecule has 0 saturated carbocycles. The summed E-state index contributed by atoms with van der Waals surface area (Å²) in [6.07, 6.45) is 10.9. The molecule has 3 aliphatic rings. The molecule has 1 amide bonds. The Hall–Kier alpha value is -2.10. The van der Waals surface area contributed by atoms with Gasteiger partial charge in [-0.15, -0.1) is 12.4 Å². The number of rotatable bonds is 4. The Kier molecular flexibility index (Phi) is 6.31. The highest BCUT2D eigenvalue weighted by Gasteiger charge is 2.37. The van der Waals surface area contributed by atoms with E-state index in [-0.39, 0.29) is 17.8 Å². The van der Waals surface area contributed by atoms with Crippen LogP contribution >= 0.6 is 12.4 Å². The van der Waals surface area contributed by atoms with Crippen molar-refractivity contribution in [2.24, 2.45) is 0 Å². The summed E-state index contributed by atoms with van der Waals surface area (Å²) >= 11 is 0. The number of anilines is 1. The van der Waals surface area contributed by atoms with Crippen molar-refractivity contribution < 1.29 is 4.79 Å². The molecule has 1 aliphatic carbocycles. The zero-order chi connectivity index (χ0) is 19.7. The smallest absolute Gasteiger partial charge is 0.226 e. The molecule has 2 aromatic rings. The number of allylic oxidation sites excluding steroid dienone is 1. The van der Waals surface area contributed by atoms with Gasteiger partial charge in [0.1, 0.15) is 0 Å². The van der Waals surface area contributed by atoms with Gasteiger partial charge in [0.25, 0.3) is 0 Å². The van der Waals surface area contributed by atoms with Crippen LogP contribution in [0.15, 0.2) is 54.6 Å². The number of carbonyl (C=O) groups is 1. The molecule has 1 spiro atoms. The summed E-state index contributed by atoms with van der Waals surface area (Å²) in [4.78, 5) is 17.3. The first-order valence-electron chi connectivity index (χ1n) is 11.1. The van der Waals surface area contributed by atoms with E-state index in [0.717, 1.165) is 51.1 Å². The summed E-state index contributed by atoms with van der Waals surface area (Å²) in [5.74, 6) is 0.292. The molecule has 158 valence electrons. The largest absolute Gasteiger partial charge is 0.312 e. The maximum atomic E-state index is 12.7. The zero-order valence-electron chi connectivity index (χ0n) is 17.6. The Balaban J connectivity index is 0.00000218. The van der Waals surface area contributed by atoms with Gasteiger partial charge in [-0.1, -0.05) is 54.6 Å². The van der Waals surface area contributed by atoms with E-state index >= 15 is 0 Å². The number of benzene rings is 2. The quantitative estimate of drug-likeness (QED) is 0.673. The summed E-state index contributed by atoms with van der Waals surface area (Å²) in [6, 6.07) is 17.3. The molecule has 30 heavy (non-hydrogen) atoms. The lowest BCUT2D eigenvalue weighted by atomic mass is 9.74. The molecule has 1 fully saturated rings. The molecule has 0 radical (unpaired) electrons. The van der Waals surface area contributed by atoms with Gasteiger partial charge in [-0.2, -0.15) is 0 Å². The summed E-state index contributed by atoms with van der Waals surface area (Å²) in [7, 11) is 0. The van der Waals surface area contributed by atoms with Crippen LogP contribution in [0.3, 0.4) is 0 Å². The molecule has 5 rings (SSSR count). The van der Waals surface area contributed by atoms with Gasteiger partial charge in [-0.05, 0) is 74.5 Å². The number of aryl methyl sites for hydroxylation is 1. The summed E-state index contributed by atoms with van der Waals surface area (Å²) in [5, 5.41) is 0. The Bertz CT molecular complexity index is 930. The van der Waals surface area contributed by atoms with Crippen LogP contribution in [0.25, 0.3) is 6.08 Å². The molecule has 0 bridgehead atoms. The third-order valence-electron chi connectivity index (χ3n) is 7.10. The van der Waals surface area contributed by atoms with E-state index in [1.54, 1.807) is 0 Å². The van der Waals surface area contributed by atoms with Crippen LogP contribution in [0.1, 0.15) is 48.8 Å². The van der Waals surface area contributed by atoms with Gasteiger partial charge in [-0.25, -0.2) is 0 Å². The van der Waals surface area contributed by atoms with Crippen molar-refractivity contribution in [3.63, 3.8) is 0 Å². The van der Waals surface area contributed by atoms with E-state index in [1.165, 1.54) is 29.5 Å². The predicted molar refractivity (Wildman–Crippen MR) is 126 cm³/mol. The normalized spacial score (nSPS) is 19.9. The van der Waals surface area contributed by atoms with Crippen molar-refractivity contribution in [1.82, 2.24) is 4.90 Å². The van der Waals surface area contributed by atoms with E-state index in [1.807, 2.05) is 4.90 Å². The molecule has 2 aromatic carbocycles. The number of hydrogen-bond acceptors (Lipinski definition) is 2. The van der Waals surface area contributed by atoms with Gasteiger partial charge < -0.3 is 9.80 Å². The number of halogens is 1. The van der Waals surface area contributed by atoms with Crippen LogP contribution in [0, 0.1) is 0 Å². The Morgan fingerprint density at radius 3 is 2.53 bits per heavy atom. The second-order valence-electron chi connectivity index (χ2n) is 8.80. The Morgan fingerprint density at radius 1 is 0.900 bits per heavy atom. The average molecular weight is 423 g/mol. The van der Waals surface area contributed by atoms with E-state index in [2.05, 4.69) is 65.6 Å². The highest BCUT2D eigenvalue weighted by Crippen LogP contribution is 2.43. The van der Waals surface area contributed by atoms with Crippen LogP contribution in [0.4, 0.5) is 5.69 Å². The number of likely N-dealkylation sites (tertiary alicyclic amines) is 1. The van der Waals surface area contributed by atoms with Gasteiger partial charge >= 0.3 is 0 Å². The summed E-state index contributed by atoms with van der Waals surface area (Å²) in [5.41, 5.74) is 5.64. The first-order chi connectivity index (χ1) is 14.3. The number of nitrogens with zero attached hydrogens (tertiary/aromatic N) is 2. The van der Waals surface area contributed by atoms with Gasteiger partial charge in [0, 0.05) is 24.1 Å². The topological polar surface area (TPSA) is 23.6 Å². The van der Waals surface area contributed by atoms with E-state index < -0.39 is 0 Å². The van der Waals surface area contributed by atoms with Crippen molar-refractivity contribution in [3.8, 4) is 0 Å². The second kappa shape index (κ2) is 8.95. The molecule has 0 unspecified atom stereocenters. The molecule has 0 aromatic heterocycles. The van der Waals surface area contributed by atoms with Gasteiger partial charge in [-0.3, -0.25) is 4.79 Å². The molecule has 2 aliphatic heterocycles. The maximum absolute atomic E-state index is 12.7. The fraction of sp³-hybridized carbons (Fsp3) is 0.423. The molecule has 3 nitrogen and oxygen atoms in total. The minimum Gasteiger partial charge on any atom is -0.312 e. The maximum Gasteiger partial charge on any atom is 0.226 e. The number of hydrogen-bond donors (Lipinski definition) is 0. The number of carbonyl (C=O) groups excluding carboxylic acids is 1. The van der Waals surface area contributed by atoms with E-state index in [4.69, 9.17) is 0 Å². The van der Waals surface area contributed by atoms with Crippen LogP contribution < -0.4 is 4.90 Å². The Labute approximate surface area is 186 Å². The standard InChI is InChI=1S/C26H30N2O.ClH/c29-25-12-5-9-22-8-2-4-11-24(22)28(25)18-6-17-27-19-15-26(16-20-27)14-13-21-7-1-3-10-23(21)26;/h1-4,7-8,10-11,13-14H,5-6,9,12,15-20H2;1H. The fourth-order valence-corrected chi connectivity index (χ4v) is 5.43. The van der Waals surface area contributed by atoms with Gasteiger partial charge in [0.05, 0.1) is 0 Å². The highest BCUT2D eigenvalue weighted by molar-refractivity contribution is 5.94. The van der Waals surface area contributed by atoms with Gasteiger partial charge in [0.15, 0.2) is 0 Å². The SMILES string of the molecule is Cl.O=C1CCCc2ccccc2N1CCCN1CCC2(C=Cc3ccccc32)CC1. The van der Waals surface area contributed by atoms with Crippen molar-refractivity contribution in [1.29, 1.82) is 0 Å².